The number of nitrogens with zero attached hydrogens (tertiary/aromatic N) is 3. The van der Waals surface area contributed by atoms with Gasteiger partial charge in [0, 0.05) is 19.2 Å². The van der Waals surface area contributed by atoms with Crippen molar-refractivity contribution >= 4 is 17.6 Å². The van der Waals surface area contributed by atoms with Crippen LogP contribution in [0.25, 0.3) is 0 Å². The van der Waals surface area contributed by atoms with Crippen LogP contribution in [-0.2, 0) is 0 Å². The summed E-state index contributed by atoms with van der Waals surface area (Å²) in [6.45, 7) is 0.235. The molecule has 0 radical (unpaired) electrons. The SMILES string of the molecule is CN(N=Cc1ccc2c(c1)OCO2)c1ccc([N+](=O)[O-])cc1. The lowest BCUT2D eigenvalue weighted by molar-refractivity contribution is -0.384. The number of hydrogen-bond donors (Lipinski definition) is 0. The van der Waals surface area contributed by atoms with Crippen LogP contribution in [0.5, 0.6) is 11.5 Å². The fraction of sp³-hybridized carbons (Fsp3) is 0.133. The predicted molar refractivity (Wildman–Crippen MR) is 81.7 cm³/mol. The number of hydrogen-bond acceptors (Lipinski definition) is 6. The molecule has 0 aliphatic carbocycles. The van der Waals surface area contributed by atoms with Gasteiger partial charge in [0.25, 0.3) is 5.69 Å². The van der Waals surface area contributed by atoms with Crippen LogP contribution in [0.2, 0.25) is 0 Å². The van der Waals surface area contributed by atoms with Crippen molar-refractivity contribution in [1.82, 2.24) is 0 Å². The minimum atomic E-state index is -0.431. The molecule has 0 bridgehead atoms. The summed E-state index contributed by atoms with van der Waals surface area (Å²) in [7, 11) is 1.77. The normalized spacial score (nSPS) is 12.6. The standard InChI is InChI=1S/C15H13N3O4/c1-17(12-3-5-13(6-4-12)18(19)20)16-9-11-2-7-14-15(8-11)22-10-21-14/h2-9H,10H2,1H3. The average Bonchev–Trinajstić information content (AvgIpc) is 3.00. The Hall–Kier alpha value is -3.09. The molecule has 0 fully saturated rings. The van der Waals surface area contributed by atoms with Gasteiger partial charge >= 0.3 is 0 Å². The molecule has 0 amide bonds. The van der Waals surface area contributed by atoms with E-state index < -0.39 is 4.92 Å². The van der Waals surface area contributed by atoms with Crippen molar-refractivity contribution in [3.05, 3.63) is 58.1 Å². The highest BCUT2D eigenvalue weighted by atomic mass is 16.7. The number of benzene rings is 2. The van der Waals surface area contributed by atoms with E-state index in [0.717, 1.165) is 17.0 Å². The van der Waals surface area contributed by atoms with E-state index in [-0.39, 0.29) is 12.5 Å². The predicted octanol–water partition coefficient (Wildman–Crippen LogP) is 2.79. The molecule has 0 spiro atoms. The second-order valence-corrected chi connectivity index (χ2v) is 4.65. The van der Waals surface area contributed by atoms with Crippen molar-refractivity contribution < 1.29 is 14.4 Å². The Labute approximate surface area is 126 Å². The topological polar surface area (TPSA) is 77.2 Å². The Balaban J connectivity index is 1.73. The molecule has 0 saturated carbocycles. The minimum Gasteiger partial charge on any atom is -0.454 e. The first-order valence-electron chi connectivity index (χ1n) is 6.55. The molecule has 0 atom stereocenters. The number of anilines is 1. The van der Waals surface area contributed by atoms with E-state index in [0.29, 0.717) is 5.75 Å². The van der Waals surface area contributed by atoms with E-state index in [9.17, 15) is 10.1 Å². The molecule has 1 heterocycles. The van der Waals surface area contributed by atoms with Crippen LogP contribution in [0.15, 0.2) is 47.6 Å². The van der Waals surface area contributed by atoms with Crippen LogP contribution in [0.1, 0.15) is 5.56 Å². The van der Waals surface area contributed by atoms with Crippen LogP contribution >= 0.6 is 0 Å². The number of rotatable bonds is 4. The maximum absolute atomic E-state index is 10.6. The van der Waals surface area contributed by atoms with Gasteiger partial charge in [0.15, 0.2) is 11.5 Å². The van der Waals surface area contributed by atoms with Crippen molar-refractivity contribution in [3.8, 4) is 11.5 Å². The van der Waals surface area contributed by atoms with E-state index >= 15 is 0 Å². The number of nitro groups is 1. The lowest BCUT2D eigenvalue weighted by Crippen LogP contribution is -2.08. The summed E-state index contributed by atoms with van der Waals surface area (Å²) >= 11 is 0. The first-order chi connectivity index (χ1) is 10.6. The highest BCUT2D eigenvalue weighted by Gasteiger charge is 2.12. The molecular weight excluding hydrogens is 286 g/mol. The Morgan fingerprint density at radius 3 is 2.64 bits per heavy atom. The Kier molecular flexibility index (Phi) is 3.61. The van der Waals surface area contributed by atoms with Crippen molar-refractivity contribution in [2.45, 2.75) is 0 Å². The van der Waals surface area contributed by atoms with Crippen molar-refractivity contribution in [1.29, 1.82) is 0 Å². The van der Waals surface area contributed by atoms with Gasteiger partial charge in [-0.25, -0.2) is 0 Å². The van der Waals surface area contributed by atoms with Crippen LogP contribution in [-0.4, -0.2) is 25.0 Å². The van der Waals surface area contributed by atoms with Crippen LogP contribution in [0.3, 0.4) is 0 Å². The van der Waals surface area contributed by atoms with Crippen LogP contribution in [0.4, 0.5) is 11.4 Å². The Morgan fingerprint density at radius 2 is 1.91 bits per heavy atom. The number of hydrazone groups is 1. The zero-order valence-corrected chi connectivity index (χ0v) is 11.8. The van der Waals surface area contributed by atoms with E-state index in [1.807, 2.05) is 18.2 Å². The number of ether oxygens (including phenoxy) is 2. The second kappa shape index (κ2) is 5.72. The summed E-state index contributed by atoms with van der Waals surface area (Å²) in [4.78, 5) is 10.2. The molecule has 7 nitrogen and oxygen atoms in total. The van der Waals surface area contributed by atoms with Gasteiger partial charge in [-0.05, 0) is 35.9 Å². The fourth-order valence-corrected chi connectivity index (χ4v) is 2.00. The quantitative estimate of drug-likeness (QED) is 0.493. The summed E-state index contributed by atoms with van der Waals surface area (Å²) in [5.41, 5.74) is 1.68. The molecule has 0 N–H and O–H groups in total. The van der Waals surface area contributed by atoms with Gasteiger partial charge in [-0.15, -0.1) is 0 Å². The summed E-state index contributed by atoms with van der Waals surface area (Å²) < 4.78 is 10.6. The maximum atomic E-state index is 10.6. The largest absolute Gasteiger partial charge is 0.454 e. The van der Waals surface area contributed by atoms with Gasteiger partial charge in [0.1, 0.15) is 0 Å². The highest BCUT2D eigenvalue weighted by molar-refractivity contribution is 5.81. The molecule has 2 aromatic rings. The molecule has 3 rings (SSSR count). The second-order valence-electron chi connectivity index (χ2n) is 4.65. The molecule has 0 unspecified atom stereocenters. The minimum absolute atomic E-state index is 0.0527. The van der Waals surface area contributed by atoms with E-state index in [1.165, 1.54) is 12.1 Å². The molecule has 112 valence electrons. The van der Waals surface area contributed by atoms with Crippen LogP contribution in [0, 0.1) is 10.1 Å². The van der Waals surface area contributed by atoms with Crippen molar-refractivity contribution in [2.75, 3.05) is 18.8 Å². The molecular formula is C15H13N3O4. The van der Waals surface area contributed by atoms with Crippen molar-refractivity contribution in [2.24, 2.45) is 5.10 Å². The first-order valence-corrected chi connectivity index (χ1v) is 6.55. The number of nitro benzene ring substituents is 1. The monoisotopic (exact) mass is 299 g/mol. The highest BCUT2D eigenvalue weighted by Crippen LogP contribution is 2.32. The van der Waals surface area contributed by atoms with Gasteiger partial charge in [-0.2, -0.15) is 5.10 Å². The van der Waals surface area contributed by atoms with Crippen LogP contribution < -0.4 is 14.5 Å². The molecule has 7 heteroatoms. The maximum Gasteiger partial charge on any atom is 0.269 e. The third kappa shape index (κ3) is 2.83. The lowest BCUT2D eigenvalue weighted by atomic mass is 10.2. The van der Waals surface area contributed by atoms with E-state index in [4.69, 9.17) is 9.47 Å². The lowest BCUT2D eigenvalue weighted by Gasteiger charge is -2.12. The third-order valence-electron chi connectivity index (χ3n) is 3.21. The summed E-state index contributed by atoms with van der Waals surface area (Å²) in [6.07, 6.45) is 1.68. The number of non-ortho nitro benzene ring substituents is 1. The van der Waals surface area contributed by atoms with E-state index in [1.54, 1.807) is 30.4 Å². The fourth-order valence-electron chi connectivity index (χ4n) is 2.00. The third-order valence-corrected chi connectivity index (χ3v) is 3.21. The first kappa shape index (κ1) is 13.9. The van der Waals surface area contributed by atoms with Crippen molar-refractivity contribution in [3.63, 3.8) is 0 Å². The zero-order valence-electron chi connectivity index (χ0n) is 11.8. The Bertz CT molecular complexity index is 728. The molecule has 0 aromatic heterocycles. The molecule has 2 aromatic carbocycles. The molecule has 22 heavy (non-hydrogen) atoms. The molecule has 1 aliphatic heterocycles. The van der Waals surface area contributed by atoms with Gasteiger partial charge in [-0.3, -0.25) is 15.1 Å². The summed E-state index contributed by atoms with van der Waals surface area (Å²) in [6, 6.07) is 11.7. The molecule has 0 saturated heterocycles. The smallest absolute Gasteiger partial charge is 0.269 e. The van der Waals surface area contributed by atoms with E-state index in [2.05, 4.69) is 5.10 Å². The Morgan fingerprint density at radius 1 is 1.18 bits per heavy atom. The summed E-state index contributed by atoms with van der Waals surface area (Å²) in [5, 5.41) is 16.6. The van der Waals surface area contributed by atoms with Gasteiger partial charge in [0.05, 0.1) is 16.8 Å². The molecule has 1 aliphatic rings. The van der Waals surface area contributed by atoms with Gasteiger partial charge in [-0.1, -0.05) is 0 Å². The zero-order chi connectivity index (χ0) is 15.5. The summed E-state index contributed by atoms with van der Waals surface area (Å²) in [5.74, 6) is 1.42. The van der Waals surface area contributed by atoms with Gasteiger partial charge < -0.3 is 9.47 Å². The number of fused-ring (bicyclic) bond motifs is 1. The van der Waals surface area contributed by atoms with Gasteiger partial charge in [0.2, 0.25) is 6.79 Å². The average molecular weight is 299 g/mol.